The van der Waals surface area contributed by atoms with Crippen LogP contribution in [0.1, 0.15) is 49.8 Å². The molecule has 7 nitrogen and oxygen atoms in total. The quantitative estimate of drug-likeness (QED) is 0.524. The molecule has 1 aliphatic rings. The minimum absolute atomic E-state index is 0.105. The van der Waals surface area contributed by atoms with Crippen molar-refractivity contribution < 1.29 is 14.3 Å². The lowest BCUT2D eigenvalue weighted by atomic mass is 9.79. The van der Waals surface area contributed by atoms with Crippen molar-refractivity contribution in [2.45, 2.75) is 51.6 Å². The normalized spacial score (nSPS) is 19.0. The molecule has 0 saturated heterocycles. The number of nitrogens with one attached hydrogen (secondary N) is 2. The number of benzene rings is 1. The van der Waals surface area contributed by atoms with Gasteiger partial charge in [0.1, 0.15) is 0 Å². The standard InChI is InChI=1S/C26H32N4O3/c1-17-14-27-13-12-21(17)22-16-29-30-25(22)20-10-8-19(9-11-20)15-28-26(31)18(2)33-24-7-5-4-6-23(24)32-3/h4-7,12-14,16,18-20H,8-11,15H2,1-3H3,(H,28,31)(H,29,30)/t18-,19?,20?/m1/s1. The van der Waals surface area contributed by atoms with Gasteiger partial charge in [0, 0.05) is 36.1 Å². The first-order chi connectivity index (χ1) is 16.1. The summed E-state index contributed by atoms with van der Waals surface area (Å²) in [6.45, 7) is 4.52. The molecule has 1 amide bonds. The van der Waals surface area contributed by atoms with E-state index in [-0.39, 0.29) is 5.91 Å². The van der Waals surface area contributed by atoms with Crippen LogP contribution >= 0.6 is 0 Å². The fourth-order valence-electron chi connectivity index (χ4n) is 4.60. The van der Waals surface area contributed by atoms with Crippen LogP contribution in [-0.4, -0.2) is 40.8 Å². The molecule has 2 N–H and O–H groups in total. The lowest BCUT2D eigenvalue weighted by Gasteiger charge is -2.29. The predicted octanol–water partition coefficient (Wildman–Crippen LogP) is 4.65. The average Bonchev–Trinajstić information content (AvgIpc) is 3.33. The van der Waals surface area contributed by atoms with Gasteiger partial charge in [0.25, 0.3) is 5.91 Å². The smallest absolute Gasteiger partial charge is 0.260 e. The molecule has 2 aromatic heterocycles. The van der Waals surface area contributed by atoms with E-state index in [2.05, 4.69) is 33.5 Å². The van der Waals surface area contributed by atoms with E-state index in [4.69, 9.17) is 9.47 Å². The Morgan fingerprint density at radius 1 is 1.12 bits per heavy atom. The van der Waals surface area contributed by atoms with Gasteiger partial charge in [0.2, 0.25) is 0 Å². The van der Waals surface area contributed by atoms with Crippen LogP contribution in [0.5, 0.6) is 11.5 Å². The van der Waals surface area contributed by atoms with Crippen molar-refractivity contribution in [2.75, 3.05) is 13.7 Å². The van der Waals surface area contributed by atoms with E-state index in [0.29, 0.717) is 29.9 Å². The number of amides is 1. The summed E-state index contributed by atoms with van der Waals surface area (Å²) in [5.74, 6) is 2.01. The summed E-state index contributed by atoms with van der Waals surface area (Å²) in [7, 11) is 1.59. The van der Waals surface area contributed by atoms with Gasteiger partial charge in [-0.2, -0.15) is 5.10 Å². The van der Waals surface area contributed by atoms with Crippen molar-refractivity contribution in [3.63, 3.8) is 0 Å². The van der Waals surface area contributed by atoms with Gasteiger partial charge in [-0.15, -0.1) is 0 Å². The Hall–Kier alpha value is -3.35. The number of hydrogen-bond acceptors (Lipinski definition) is 5. The summed E-state index contributed by atoms with van der Waals surface area (Å²) < 4.78 is 11.1. The molecule has 4 rings (SSSR count). The second kappa shape index (κ2) is 10.5. The zero-order valence-electron chi connectivity index (χ0n) is 19.5. The van der Waals surface area contributed by atoms with E-state index < -0.39 is 6.10 Å². The van der Waals surface area contributed by atoms with Crippen LogP contribution < -0.4 is 14.8 Å². The number of methoxy groups -OCH3 is 1. The third-order valence-corrected chi connectivity index (χ3v) is 6.54. The molecule has 0 radical (unpaired) electrons. The Labute approximate surface area is 194 Å². The molecule has 0 spiro atoms. The number of aromatic amines is 1. The highest BCUT2D eigenvalue weighted by Gasteiger charge is 2.27. The number of ether oxygens (including phenoxy) is 2. The number of aryl methyl sites for hydroxylation is 1. The second-order valence-corrected chi connectivity index (χ2v) is 8.76. The molecule has 0 bridgehead atoms. The van der Waals surface area contributed by atoms with Gasteiger partial charge in [0.15, 0.2) is 17.6 Å². The summed E-state index contributed by atoms with van der Waals surface area (Å²) >= 11 is 0. The number of hydrogen-bond donors (Lipinski definition) is 2. The van der Waals surface area contributed by atoms with Gasteiger partial charge >= 0.3 is 0 Å². The predicted molar refractivity (Wildman–Crippen MR) is 127 cm³/mol. The number of rotatable bonds is 8. The first-order valence-corrected chi connectivity index (χ1v) is 11.6. The molecule has 2 heterocycles. The molecule has 1 atom stereocenters. The van der Waals surface area contributed by atoms with Gasteiger partial charge < -0.3 is 14.8 Å². The van der Waals surface area contributed by atoms with Crippen LogP contribution in [0, 0.1) is 12.8 Å². The van der Waals surface area contributed by atoms with E-state index in [1.807, 2.05) is 36.8 Å². The molecular weight excluding hydrogens is 416 g/mol. The number of carbonyl (C=O) groups excluding carboxylic acids is 1. The summed E-state index contributed by atoms with van der Waals surface area (Å²) in [6.07, 6.45) is 9.35. The molecule has 1 aromatic carbocycles. The van der Waals surface area contributed by atoms with Gasteiger partial charge in [-0.3, -0.25) is 14.9 Å². The summed E-state index contributed by atoms with van der Waals surface area (Å²) in [4.78, 5) is 16.8. The Bertz CT molecular complexity index is 1070. The number of aromatic nitrogens is 3. The number of pyridine rings is 1. The lowest BCUT2D eigenvalue weighted by Crippen LogP contribution is -2.39. The fraction of sp³-hybridized carbons (Fsp3) is 0.423. The van der Waals surface area contributed by atoms with Gasteiger partial charge in [-0.1, -0.05) is 12.1 Å². The topological polar surface area (TPSA) is 89.1 Å². The molecule has 1 saturated carbocycles. The van der Waals surface area contributed by atoms with Crippen molar-refractivity contribution in [3.05, 3.63) is 60.2 Å². The molecule has 0 unspecified atom stereocenters. The zero-order chi connectivity index (χ0) is 23.2. The van der Waals surface area contributed by atoms with E-state index in [1.165, 1.54) is 16.8 Å². The van der Waals surface area contributed by atoms with E-state index in [9.17, 15) is 4.79 Å². The number of para-hydroxylation sites is 2. The van der Waals surface area contributed by atoms with Crippen molar-refractivity contribution in [1.29, 1.82) is 0 Å². The van der Waals surface area contributed by atoms with Crippen molar-refractivity contribution in [3.8, 4) is 22.6 Å². The molecule has 7 heteroatoms. The SMILES string of the molecule is COc1ccccc1O[C@H](C)C(=O)NCC1CCC(c2[nH]ncc2-c2ccncc2C)CC1. The van der Waals surface area contributed by atoms with E-state index in [1.54, 1.807) is 20.1 Å². The van der Waals surface area contributed by atoms with E-state index >= 15 is 0 Å². The largest absolute Gasteiger partial charge is 0.493 e. The van der Waals surface area contributed by atoms with Gasteiger partial charge in [-0.25, -0.2) is 0 Å². The average molecular weight is 449 g/mol. The highest BCUT2D eigenvalue weighted by Crippen LogP contribution is 2.39. The third-order valence-electron chi connectivity index (χ3n) is 6.54. The Balaban J connectivity index is 1.28. The van der Waals surface area contributed by atoms with Gasteiger partial charge in [0.05, 0.1) is 13.3 Å². The Morgan fingerprint density at radius 3 is 2.61 bits per heavy atom. The number of H-pyrrole nitrogens is 1. The van der Waals surface area contributed by atoms with Crippen molar-refractivity contribution in [1.82, 2.24) is 20.5 Å². The van der Waals surface area contributed by atoms with Gasteiger partial charge in [-0.05, 0) is 74.8 Å². The fourth-order valence-corrected chi connectivity index (χ4v) is 4.60. The maximum atomic E-state index is 12.6. The molecule has 174 valence electrons. The van der Waals surface area contributed by atoms with E-state index in [0.717, 1.165) is 31.2 Å². The van der Waals surface area contributed by atoms with Crippen LogP contribution in [0.25, 0.3) is 11.1 Å². The molecule has 3 aromatic rings. The van der Waals surface area contributed by atoms with Crippen LogP contribution in [0.2, 0.25) is 0 Å². The van der Waals surface area contributed by atoms with Crippen LogP contribution in [0.4, 0.5) is 0 Å². The number of carbonyl (C=O) groups is 1. The molecular formula is C26H32N4O3. The van der Waals surface area contributed by atoms with Crippen LogP contribution in [0.15, 0.2) is 48.9 Å². The number of nitrogens with zero attached hydrogens (tertiary/aromatic N) is 2. The summed E-state index contributed by atoms with van der Waals surface area (Å²) in [5, 5.41) is 10.7. The lowest BCUT2D eigenvalue weighted by molar-refractivity contribution is -0.127. The molecule has 33 heavy (non-hydrogen) atoms. The van der Waals surface area contributed by atoms with Crippen molar-refractivity contribution in [2.24, 2.45) is 5.92 Å². The minimum Gasteiger partial charge on any atom is -0.493 e. The maximum Gasteiger partial charge on any atom is 0.260 e. The minimum atomic E-state index is -0.589. The highest BCUT2D eigenvalue weighted by molar-refractivity contribution is 5.80. The second-order valence-electron chi connectivity index (χ2n) is 8.76. The first-order valence-electron chi connectivity index (χ1n) is 11.6. The van der Waals surface area contributed by atoms with Crippen molar-refractivity contribution >= 4 is 5.91 Å². The Kier molecular flexibility index (Phi) is 7.27. The Morgan fingerprint density at radius 2 is 1.88 bits per heavy atom. The zero-order valence-corrected chi connectivity index (χ0v) is 19.5. The van der Waals surface area contributed by atoms with Crippen LogP contribution in [-0.2, 0) is 4.79 Å². The third kappa shape index (κ3) is 5.35. The summed E-state index contributed by atoms with van der Waals surface area (Å²) in [5.41, 5.74) is 4.73. The first kappa shape index (κ1) is 22.8. The highest BCUT2D eigenvalue weighted by atomic mass is 16.5. The van der Waals surface area contributed by atoms with Crippen LogP contribution in [0.3, 0.4) is 0 Å². The molecule has 0 aliphatic heterocycles. The maximum absolute atomic E-state index is 12.6. The molecule has 1 aliphatic carbocycles. The molecule has 1 fully saturated rings. The monoisotopic (exact) mass is 448 g/mol. The summed E-state index contributed by atoms with van der Waals surface area (Å²) in [6, 6.07) is 9.42.